The van der Waals surface area contributed by atoms with Crippen LogP contribution in [-0.4, -0.2) is 11.7 Å². The summed E-state index contributed by atoms with van der Waals surface area (Å²) in [5.74, 6) is 5.14. The number of hydrogen-bond donors (Lipinski definition) is 2. The third-order valence-corrected chi connectivity index (χ3v) is 9.91. The fourth-order valence-electron chi connectivity index (χ4n) is 8.50. The zero-order valence-corrected chi connectivity index (χ0v) is 17.9. The zero-order chi connectivity index (χ0) is 19.4. The largest absolute Gasteiger partial charge is 0.508 e. The van der Waals surface area contributed by atoms with Crippen LogP contribution in [0.4, 0.5) is 5.69 Å². The van der Waals surface area contributed by atoms with Crippen LogP contribution in [0.1, 0.15) is 78.1 Å². The molecule has 5 rings (SSSR count). The Hall–Kier alpha value is -1.18. The molecule has 2 nitrogen and oxygen atoms in total. The van der Waals surface area contributed by atoms with Gasteiger partial charge in [-0.05, 0) is 116 Å². The third-order valence-electron chi connectivity index (χ3n) is 9.91. The first-order chi connectivity index (χ1) is 13.5. The Bertz CT molecular complexity index is 699. The van der Waals surface area contributed by atoms with Crippen molar-refractivity contribution < 1.29 is 5.11 Å². The van der Waals surface area contributed by atoms with Crippen LogP contribution >= 0.6 is 0 Å². The fraction of sp³-hybridized carbons (Fsp3) is 0.769. The normalized spacial score (nSPS) is 45.0. The van der Waals surface area contributed by atoms with Gasteiger partial charge in [0.2, 0.25) is 0 Å². The summed E-state index contributed by atoms with van der Waals surface area (Å²) >= 11 is 0. The maximum absolute atomic E-state index is 9.50. The third kappa shape index (κ3) is 3.06. The molecule has 154 valence electrons. The van der Waals surface area contributed by atoms with E-state index in [9.17, 15) is 5.11 Å². The second-order valence-corrected chi connectivity index (χ2v) is 11.3. The molecule has 2 N–H and O–H groups in total. The van der Waals surface area contributed by atoms with E-state index in [2.05, 4.69) is 19.2 Å². The number of nitrogens with one attached hydrogen (secondary N) is 1. The molecule has 4 aliphatic carbocycles. The lowest BCUT2D eigenvalue weighted by molar-refractivity contribution is -0.103. The second-order valence-electron chi connectivity index (χ2n) is 11.3. The van der Waals surface area contributed by atoms with Gasteiger partial charge in [-0.15, -0.1) is 0 Å². The summed E-state index contributed by atoms with van der Waals surface area (Å²) in [4.78, 5) is 0. The first kappa shape index (κ1) is 18.8. The van der Waals surface area contributed by atoms with Gasteiger partial charge in [0.25, 0.3) is 0 Å². The molecule has 0 bridgehead atoms. The van der Waals surface area contributed by atoms with Crippen molar-refractivity contribution in [2.75, 3.05) is 11.9 Å². The molecule has 7 atom stereocenters. The van der Waals surface area contributed by atoms with Crippen LogP contribution in [0.25, 0.3) is 0 Å². The van der Waals surface area contributed by atoms with E-state index in [-0.39, 0.29) is 0 Å². The average Bonchev–Trinajstić information content (AvgIpc) is 3.04. The summed E-state index contributed by atoms with van der Waals surface area (Å²) in [6, 6.07) is 7.57. The van der Waals surface area contributed by atoms with Gasteiger partial charge in [-0.2, -0.15) is 0 Å². The Balaban J connectivity index is 1.28. The van der Waals surface area contributed by atoms with E-state index in [1.807, 2.05) is 12.1 Å². The van der Waals surface area contributed by atoms with Crippen molar-refractivity contribution in [1.82, 2.24) is 0 Å². The van der Waals surface area contributed by atoms with Crippen molar-refractivity contribution in [1.29, 1.82) is 0 Å². The summed E-state index contributed by atoms with van der Waals surface area (Å²) in [5.41, 5.74) is 2.39. The van der Waals surface area contributed by atoms with Crippen LogP contribution < -0.4 is 5.32 Å². The van der Waals surface area contributed by atoms with E-state index in [4.69, 9.17) is 0 Å². The number of fused-ring (bicyclic) bond motifs is 5. The molecular formula is C26H39NO. The van der Waals surface area contributed by atoms with Gasteiger partial charge in [-0.25, -0.2) is 0 Å². The van der Waals surface area contributed by atoms with E-state index in [0.717, 1.165) is 41.8 Å². The Morgan fingerprint density at radius 1 is 0.964 bits per heavy atom. The van der Waals surface area contributed by atoms with Gasteiger partial charge in [0.1, 0.15) is 5.75 Å². The van der Waals surface area contributed by atoms with Gasteiger partial charge in [0.05, 0.1) is 0 Å². The summed E-state index contributed by atoms with van der Waals surface area (Å²) in [7, 11) is 0. The molecule has 0 saturated heterocycles. The van der Waals surface area contributed by atoms with E-state index in [1.165, 1.54) is 64.2 Å². The first-order valence-corrected chi connectivity index (χ1v) is 12.0. The molecule has 0 amide bonds. The van der Waals surface area contributed by atoms with E-state index in [1.54, 1.807) is 12.1 Å². The molecule has 0 radical (unpaired) electrons. The van der Waals surface area contributed by atoms with Crippen molar-refractivity contribution in [2.45, 2.75) is 78.1 Å². The van der Waals surface area contributed by atoms with Gasteiger partial charge in [0.15, 0.2) is 0 Å². The summed E-state index contributed by atoms with van der Waals surface area (Å²) in [6.45, 7) is 6.41. The number of aromatic hydroxyl groups is 1. The number of benzene rings is 1. The summed E-state index contributed by atoms with van der Waals surface area (Å²) < 4.78 is 0. The highest BCUT2D eigenvalue weighted by Crippen LogP contribution is 2.66. The Morgan fingerprint density at radius 2 is 1.79 bits per heavy atom. The topological polar surface area (TPSA) is 32.3 Å². The van der Waals surface area contributed by atoms with Crippen molar-refractivity contribution in [3.8, 4) is 5.75 Å². The molecule has 1 aromatic carbocycles. The monoisotopic (exact) mass is 381 g/mol. The Labute approximate surface area is 171 Å². The molecule has 0 spiro atoms. The minimum absolute atomic E-state index is 0.350. The van der Waals surface area contributed by atoms with Gasteiger partial charge in [-0.1, -0.05) is 26.7 Å². The predicted molar refractivity (Wildman–Crippen MR) is 116 cm³/mol. The Morgan fingerprint density at radius 3 is 2.61 bits per heavy atom. The van der Waals surface area contributed by atoms with Crippen LogP contribution in [-0.2, 0) is 0 Å². The lowest BCUT2D eigenvalue weighted by Gasteiger charge is -2.60. The predicted octanol–water partition coefficient (Wildman–Crippen LogP) is 6.85. The van der Waals surface area contributed by atoms with Crippen molar-refractivity contribution in [3.63, 3.8) is 0 Å². The minimum atomic E-state index is 0.350. The van der Waals surface area contributed by atoms with Crippen molar-refractivity contribution in [3.05, 3.63) is 24.3 Å². The number of phenols is 1. The lowest BCUT2D eigenvalue weighted by atomic mass is 9.45. The number of phenolic OH excluding ortho intramolecular Hbond substituents is 1. The number of rotatable bonds is 3. The van der Waals surface area contributed by atoms with Gasteiger partial charge >= 0.3 is 0 Å². The van der Waals surface area contributed by atoms with E-state index in [0.29, 0.717) is 16.6 Å². The molecule has 0 aliphatic heterocycles. The summed E-state index contributed by atoms with van der Waals surface area (Å²) in [5, 5.41) is 13.2. The highest BCUT2D eigenvalue weighted by atomic mass is 16.3. The van der Waals surface area contributed by atoms with Crippen LogP contribution in [0.3, 0.4) is 0 Å². The SMILES string of the molecule is C[C@]12CC[C@H]3[C@@H](CC[C@H]4CCCC[C@@]43C)[C@@H]1C[C@@H](CNc1ccc(O)cc1)C2. The molecule has 4 saturated carbocycles. The molecular weight excluding hydrogens is 342 g/mol. The average molecular weight is 382 g/mol. The molecule has 4 aliphatic rings. The fourth-order valence-corrected chi connectivity index (χ4v) is 8.50. The van der Waals surface area contributed by atoms with Gasteiger partial charge in [0, 0.05) is 12.2 Å². The maximum Gasteiger partial charge on any atom is 0.115 e. The van der Waals surface area contributed by atoms with Crippen molar-refractivity contribution >= 4 is 5.69 Å². The highest BCUT2D eigenvalue weighted by molar-refractivity contribution is 5.46. The summed E-state index contributed by atoms with van der Waals surface area (Å²) in [6.07, 6.45) is 14.8. The molecule has 28 heavy (non-hydrogen) atoms. The van der Waals surface area contributed by atoms with Crippen molar-refractivity contribution in [2.24, 2.45) is 40.4 Å². The van der Waals surface area contributed by atoms with Crippen LogP contribution in [0.15, 0.2) is 24.3 Å². The van der Waals surface area contributed by atoms with Crippen LogP contribution in [0, 0.1) is 40.4 Å². The molecule has 0 unspecified atom stereocenters. The standard InChI is InChI=1S/C26H39NO/c1-25-14-12-23-22(11-6-19-5-3-4-13-26(19,23)2)24(25)15-18(16-25)17-27-20-7-9-21(28)10-8-20/h7-10,18-19,22-24,27-28H,3-6,11-17H2,1-2H3/t18-,19-,22-,23+,24+,25-,26+/m1/s1. The van der Waals surface area contributed by atoms with E-state index >= 15 is 0 Å². The molecule has 1 aromatic rings. The van der Waals surface area contributed by atoms with Crippen LogP contribution in [0.5, 0.6) is 5.75 Å². The molecule has 0 heterocycles. The Kier molecular flexibility index (Phi) is 4.68. The zero-order valence-electron chi connectivity index (χ0n) is 17.9. The molecule has 2 heteroatoms. The van der Waals surface area contributed by atoms with Crippen LogP contribution in [0.2, 0.25) is 0 Å². The van der Waals surface area contributed by atoms with Gasteiger partial charge in [-0.3, -0.25) is 0 Å². The smallest absolute Gasteiger partial charge is 0.115 e. The first-order valence-electron chi connectivity index (χ1n) is 12.0. The lowest BCUT2D eigenvalue weighted by Crippen LogP contribution is -2.51. The minimum Gasteiger partial charge on any atom is -0.508 e. The second kappa shape index (κ2) is 6.96. The van der Waals surface area contributed by atoms with Gasteiger partial charge < -0.3 is 10.4 Å². The molecule has 0 aromatic heterocycles. The quantitative estimate of drug-likeness (QED) is 0.561. The molecule has 4 fully saturated rings. The number of hydrogen-bond acceptors (Lipinski definition) is 2. The highest BCUT2D eigenvalue weighted by Gasteiger charge is 2.58. The number of anilines is 1. The van der Waals surface area contributed by atoms with E-state index < -0.39 is 0 Å². The maximum atomic E-state index is 9.50.